The molecule has 1 atom stereocenters. The van der Waals surface area contributed by atoms with Gasteiger partial charge in [0, 0.05) is 6.54 Å². The number of hydrogen-bond donors (Lipinski definition) is 0. The normalized spacial score (nSPS) is 12.6. The Bertz CT molecular complexity index is 543. The highest BCUT2D eigenvalue weighted by atomic mass is 16.5. The fourth-order valence-corrected chi connectivity index (χ4v) is 2.57. The smallest absolute Gasteiger partial charge is 0.108 e. The van der Waals surface area contributed by atoms with Crippen LogP contribution in [0.2, 0.25) is 0 Å². The lowest BCUT2D eigenvalue weighted by atomic mass is 9.93. The minimum atomic E-state index is 0.00681. The van der Waals surface area contributed by atoms with Crippen LogP contribution in [-0.2, 0) is 4.74 Å². The van der Waals surface area contributed by atoms with Crippen LogP contribution in [0.5, 0.6) is 0 Å². The van der Waals surface area contributed by atoms with Crippen LogP contribution in [-0.4, -0.2) is 32.1 Å². The maximum Gasteiger partial charge on any atom is 0.108 e. The number of ether oxygens (including phenoxy) is 1. The number of rotatable bonds is 6. The Hall–Kier alpha value is -1.64. The van der Waals surface area contributed by atoms with Crippen molar-refractivity contribution in [1.82, 2.24) is 4.90 Å². The van der Waals surface area contributed by atoms with Gasteiger partial charge in [0.1, 0.15) is 6.10 Å². The van der Waals surface area contributed by atoms with Crippen molar-refractivity contribution < 1.29 is 4.74 Å². The number of likely N-dealkylation sites (N-methyl/N-ethyl adjacent to an activating group) is 1. The van der Waals surface area contributed by atoms with Gasteiger partial charge in [-0.05, 0) is 50.2 Å². The zero-order valence-corrected chi connectivity index (χ0v) is 13.5. The molecule has 2 heteroatoms. The summed E-state index contributed by atoms with van der Waals surface area (Å²) in [5, 5.41) is 0. The van der Waals surface area contributed by atoms with Crippen molar-refractivity contribution in [1.29, 1.82) is 0 Å². The van der Waals surface area contributed by atoms with Gasteiger partial charge in [0.25, 0.3) is 0 Å². The van der Waals surface area contributed by atoms with E-state index in [0.717, 1.165) is 13.2 Å². The summed E-state index contributed by atoms with van der Waals surface area (Å²) in [6.07, 6.45) is 0.00681. The highest BCUT2D eigenvalue weighted by molar-refractivity contribution is 5.40. The van der Waals surface area contributed by atoms with E-state index in [2.05, 4.69) is 75.3 Å². The minimum Gasteiger partial charge on any atom is -0.367 e. The Kier molecular flexibility index (Phi) is 5.54. The van der Waals surface area contributed by atoms with Gasteiger partial charge in [-0.3, -0.25) is 0 Å². The van der Waals surface area contributed by atoms with Gasteiger partial charge < -0.3 is 9.64 Å². The summed E-state index contributed by atoms with van der Waals surface area (Å²) in [7, 11) is 4.14. The van der Waals surface area contributed by atoms with Crippen molar-refractivity contribution in [2.45, 2.75) is 20.0 Å². The van der Waals surface area contributed by atoms with Crippen LogP contribution in [0.4, 0.5) is 0 Å². The number of aryl methyl sites for hydroxylation is 2. The lowest BCUT2D eigenvalue weighted by Crippen LogP contribution is -2.20. The highest BCUT2D eigenvalue weighted by Gasteiger charge is 2.18. The fourth-order valence-electron chi connectivity index (χ4n) is 2.57. The highest BCUT2D eigenvalue weighted by Crippen LogP contribution is 2.30. The molecule has 0 saturated heterocycles. The van der Waals surface area contributed by atoms with Gasteiger partial charge in [-0.25, -0.2) is 0 Å². The molecule has 0 amide bonds. The van der Waals surface area contributed by atoms with Crippen molar-refractivity contribution in [3.8, 4) is 0 Å². The summed E-state index contributed by atoms with van der Waals surface area (Å²) in [4.78, 5) is 2.15. The van der Waals surface area contributed by atoms with E-state index in [1.165, 1.54) is 22.3 Å². The van der Waals surface area contributed by atoms with Gasteiger partial charge >= 0.3 is 0 Å². The molecule has 21 heavy (non-hydrogen) atoms. The molecule has 2 nitrogen and oxygen atoms in total. The second-order valence-corrected chi connectivity index (χ2v) is 5.77. The molecule has 0 saturated carbocycles. The van der Waals surface area contributed by atoms with E-state index >= 15 is 0 Å². The monoisotopic (exact) mass is 283 g/mol. The molecule has 0 aliphatic heterocycles. The Morgan fingerprint density at radius 2 is 1.52 bits per heavy atom. The lowest BCUT2D eigenvalue weighted by Gasteiger charge is -2.23. The first kappa shape index (κ1) is 15.7. The van der Waals surface area contributed by atoms with Crippen LogP contribution in [0.1, 0.15) is 28.4 Å². The first-order chi connectivity index (χ1) is 10.1. The van der Waals surface area contributed by atoms with Crippen LogP contribution in [0, 0.1) is 13.8 Å². The maximum absolute atomic E-state index is 6.25. The zero-order chi connectivity index (χ0) is 15.2. The first-order valence-corrected chi connectivity index (χ1v) is 7.47. The quantitative estimate of drug-likeness (QED) is 0.795. The van der Waals surface area contributed by atoms with Crippen molar-refractivity contribution in [2.75, 3.05) is 27.2 Å². The van der Waals surface area contributed by atoms with Gasteiger partial charge in [-0.15, -0.1) is 0 Å². The summed E-state index contributed by atoms with van der Waals surface area (Å²) in [6, 6.07) is 16.9. The van der Waals surface area contributed by atoms with Crippen molar-refractivity contribution in [2.24, 2.45) is 0 Å². The Morgan fingerprint density at radius 3 is 2.10 bits per heavy atom. The SMILES string of the molecule is Cc1cccc(C)c1[C@@H](OCCN(C)C)c1ccccc1. The van der Waals surface area contributed by atoms with E-state index in [1.807, 2.05) is 6.07 Å². The molecule has 0 heterocycles. The van der Waals surface area contributed by atoms with Gasteiger partial charge in [-0.2, -0.15) is 0 Å². The molecule has 0 aliphatic rings. The molecule has 2 rings (SSSR count). The molecule has 2 aromatic carbocycles. The summed E-state index contributed by atoms with van der Waals surface area (Å²) in [6.45, 7) is 5.97. The Balaban J connectivity index is 2.32. The summed E-state index contributed by atoms with van der Waals surface area (Å²) >= 11 is 0. The average Bonchev–Trinajstić information content (AvgIpc) is 2.46. The van der Waals surface area contributed by atoms with Crippen molar-refractivity contribution in [3.05, 3.63) is 70.8 Å². The molecule has 0 spiro atoms. The van der Waals surface area contributed by atoms with Crippen LogP contribution in [0.15, 0.2) is 48.5 Å². The standard InChI is InChI=1S/C19H25NO/c1-15-9-8-10-16(2)18(15)19(21-14-13-20(3)4)17-11-6-5-7-12-17/h5-12,19H,13-14H2,1-4H3/t19-/m0/s1. The van der Waals surface area contributed by atoms with Gasteiger partial charge in [0.05, 0.1) is 6.61 Å². The molecule has 0 fully saturated rings. The van der Waals surface area contributed by atoms with Crippen LogP contribution < -0.4 is 0 Å². The Morgan fingerprint density at radius 1 is 0.905 bits per heavy atom. The van der Waals surface area contributed by atoms with Gasteiger partial charge in [0.2, 0.25) is 0 Å². The number of hydrogen-bond acceptors (Lipinski definition) is 2. The first-order valence-electron chi connectivity index (χ1n) is 7.47. The lowest BCUT2D eigenvalue weighted by molar-refractivity contribution is 0.0680. The molecule has 2 aromatic rings. The summed E-state index contributed by atoms with van der Waals surface area (Å²) in [5.41, 5.74) is 5.08. The molecule has 0 bridgehead atoms. The average molecular weight is 283 g/mol. The predicted molar refractivity (Wildman–Crippen MR) is 88.7 cm³/mol. The van der Waals surface area contributed by atoms with E-state index in [-0.39, 0.29) is 6.10 Å². The van der Waals surface area contributed by atoms with E-state index in [0.29, 0.717) is 0 Å². The van der Waals surface area contributed by atoms with Gasteiger partial charge in [0.15, 0.2) is 0 Å². The Labute approximate surface area is 128 Å². The van der Waals surface area contributed by atoms with Crippen LogP contribution in [0.25, 0.3) is 0 Å². The predicted octanol–water partition coefficient (Wildman–Crippen LogP) is 3.97. The second-order valence-electron chi connectivity index (χ2n) is 5.77. The number of benzene rings is 2. The third-order valence-electron chi connectivity index (χ3n) is 3.73. The second kappa shape index (κ2) is 7.39. The summed E-state index contributed by atoms with van der Waals surface area (Å²) in [5.74, 6) is 0. The summed E-state index contributed by atoms with van der Waals surface area (Å²) < 4.78 is 6.25. The number of nitrogens with zero attached hydrogens (tertiary/aromatic N) is 1. The fraction of sp³-hybridized carbons (Fsp3) is 0.368. The van der Waals surface area contributed by atoms with Crippen molar-refractivity contribution >= 4 is 0 Å². The van der Waals surface area contributed by atoms with Gasteiger partial charge in [-0.1, -0.05) is 48.5 Å². The van der Waals surface area contributed by atoms with E-state index < -0.39 is 0 Å². The van der Waals surface area contributed by atoms with Crippen LogP contribution in [0.3, 0.4) is 0 Å². The molecule has 0 aromatic heterocycles. The molecular formula is C19H25NO. The van der Waals surface area contributed by atoms with E-state index in [1.54, 1.807) is 0 Å². The molecule has 0 N–H and O–H groups in total. The van der Waals surface area contributed by atoms with E-state index in [4.69, 9.17) is 4.74 Å². The molecule has 112 valence electrons. The van der Waals surface area contributed by atoms with Crippen molar-refractivity contribution in [3.63, 3.8) is 0 Å². The third-order valence-corrected chi connectivity index (χ3v) is 3.73. The zero-order valence-electron chi connectivity index (χ0n) is 13.5. The molecular weight excluding hydrogens is 258 g/mol. The maximum atomic E-state index is 6.25. The minimum absolute atomic E-state index is 0.00681. The molecule has 0 unspecified atom stereocenters. The van der Waals surface area contributed by atoms with E-state index in [9.17, 15) is 0 Å². The topological polar surface area (TPSA) is 12.5 Å². The molecule has 0 radical (unpaired) electrons. The largest absolute Gasteiger partial charge is 0.367 e. The third kappa shape index (κ3) is 4.16. The molecule has 0 aliphatic carbocycles. The van der Waals surface area contributed by atoms with Crippen LogP contribution >= 0.6 is 0 Å².